The van der Waals surface area contributed by atoms with E-state index in [2.05, 4.69) is 5.32 Å². The number of carbonyl (C=O) groups is 1. The molecule has 0 saturated heterocycles. The second-order valence-electron chi connectivity index (χ2n) is 6.60. The predicted octanol–water partition coefficient (Wildman–Crippen LogP) is 2.57. The number of hydrogen-bond donors (Lipinski definition) is 1. The molecule has 0 aliphatic carbocycles. The van der Waals surface area contributed by atoms with E-state index < -0.39 is 27.0 Å². The fraction of sp³-hybridized carbons (Fsp3) is 0.316. The van der Waals surface area contributed by atoms with Gasteiger partial charge in [0.05, 0.1) is 23.0 Å². The van der Waals surface area contributed by atoms with Crippen LogP contribution in [0.15, 0.2) is 41.3 Å². The van der Waals surface area contributed by atoms with Gasteiger partial charge in [-0.1, -0.05) is 6.07 Å². The van der Waals surface area contributed by atoms with Crippen molar-refractivity contribution in [3.05, 3.63) is 52.1 Å². The summed E-state index contributed by atoms with van der Waals surface area (Å²) in [4.78, 5) is 23.2. The van der Waals surface area contributed by atoms with Crippen molar-refractivity contribution in [1.82, 2.24) is 4.31 Å². The maximum atomic E-state index is 12.6. The lowest BCUT2D eigenvalue weighted by molar-refractivity contribution is -0.386. The van der Waals surface area contributed by atoms with Crippen LogP contribution in [0, 0.1) is 17.0 Å². The van der Waals surface area contributed by atoms with Crippen LogP contribution in [0.4, 0.5) is 11.4 Å². The van der Waals surface area contributed by atoms with E-state index in [0.29, 0.717) is 11.3 Å². The average Bonchev–Trinajstić information content (AvgIpc) is 2.69. The van der Waals surface area contributed by atoms with Crippen molar-refractivity contribution in [1.29, 1.82) is 0 Å². The summed E-state index contributed by atoms with van der Waals surface area (Å²) >= 11 is 0. The van der Waals surface area contributed by atoms with Crippen LogP contribution in [0.1, 0.15) is 12.5 Å². The van der Waals surface area contributed by atoms with E-state index in [1.54, 1.807) is 13.0 Å². The number of nitro groups is 1. The smallest absolute Gasteiger partial charge is 0.314 e. The molecule has 0 fully saturated rings. The van der Waals surface area contributed by atoms with Crippen LogP contribution in [-0.2, 0) is 14.8 Å². The number of nitro benzene ring substituents is 1. The summed E-state index contributed by atoms with van der Waals surface area (Å²) in [6.45, 7) is 3.14. The molecule has 30 heavy (non-hydrogen) atoms. The van der Waals surface area contributed by atoms with E-state index in [0.717, 1.165) is 4.31 Å². The normalized spacial score (nSPS) is 12.3. The van der Waals surface area contributed by atoms with Gasteiger partial charge in [0.1, 0.15) is 5.75 Å². The number of hydrogen-bond acceptors (Lipinski definition) is 7. The molecule has 2 aromatic carbocycles. The van der Waals surface area contributed by atoms with E-state index in [1.807, 2.05) is 0 Å². The van der Waals surface area contributed by atoms with Crippen LogP contribution >= 0.6 is 0 Å². The van der Waals surface area contributed by atoms with E-state index in [-0.39, 0.29) is 22.1 Å². The molecule has 10 nitrogen and oxygen atoms in total. The molecule has 1 N–H and O–H groups in total. The number of sulfonamides is 1. The first kappa shape index (κ1) is 23.1. The molecule has 0 radical (unpaired) electrons. The molecular weight excluding hydrogens is 414 g/mol. The Kier molecular flexibility index (Phi) is 7.00. The number of nitrogens with one attached hydrogen (secondary N) is 1. The van der Waals surface area contributed by atoms with Crippen molar-refractivity contribution in [2.45, 2.75) is 24.8 Å². The Bertz CT molecular complexity index is 1070. The van der Waals surface area contributed by atoms with Crippen molar-refractivity contribution in [3.63, 3.8) is 0 Å². The Morgan fingerprint density at radius 1 is 1.20 bits per heavy atom. The van der Waals surface area contributed by atoms with Gasteiger partial charge in [0, 0.05) is 19.8 Å². The zero-order chi connectivity index (χ0) is 22.6. The van der Waals surface area contributed by atoms with Gasteiger partial charge in [-0.05, 0) is 43.7 Å². The third-order valence-corrected chi connectivity index (χ3v) is 6.09. The van der Waals surface area contributed by atoms with Crippen LogP contribution in [0.5, 0.6) is 11.5 Å². The number of aryl methyl sites for hydroxylation is 1. The van der Waals surface area contributed by atoms with Gasteiger partial charge in [0.25, 0.3) is 5.91 Å². The highest BCUT2D eigenvalue weighted by Crippen LogP contribution is 2.32. The molecule has 1 amide bonds. The molecule has 0 aliphatic rings. The van der Waals surface area contributed by atoms with Gasteiger partial charge in [-0.25, -0.2) is 12.7 Å². The zero-order valence-corrected chi connectivity index (χ0v) is 18.0. The highest BCUT2D eigenvalue weighted by molar-refractivity contribution is 7.89. The Balaban J connectivity index is 2.24. The van der Waals surface area contributed by atoms with Crippen molar-refractivity contribution < 1.29 is 27.6 Å². The number of amides is 1. The number of benzene rings is 2. The SMILES string of the molecule is COc1ccc(OC(C)C(=O)Nc2cc(S(=O)(=O)N(C)C)ccc2C)c([N+](=O)[O-])c1. The first-order valence-electron chi connectivity index (χ1n) is 8.80. The van der Waals surface area contributed by atoms with Crippen LogP contribution < -0.4 is 14.8 Å². The van der Waals surface area contributed by atoms with Crippen molar-refractivity contribution >= 4 is 27.3 Å². The zero-order valence-electron chi connectivity index (χ0n) is 17.2. The lowest BCUT2D eigenvalue weighted by Gasteiger charge is -2.17. The quantitative estimate of drug-likeness (QED) is 0.496. The number of nitrogens with zero attached hydrogens (tertiary/aromatic N) is 2. The number of carbonyl (C=O) groups excluding carboxylic acids is 1. The molecule has 0 bridgehead atoms. The summed E-state index contributed by atoms with van der Waals surface area (Å²) in [7, 11) is 0.515. The molecule has 0 aliphatic heterocycles. The molecule has 0 heterocycles. The van der Waals surface area contributed by atoms with E-state index in [1.165, 1.54) is 58.5 Å². The van der Waals surface area contributed by atoms with Gasteiger partial charge in [0.15, 0.2) is 11.9 Å². The fourth-order valence-corrected chi connectivity index (χ4v) is 3.38. The standard InChI is InChI=1S/C19H23N3O7S/c1-12-6-8-15(30(26,27)21(3)4)11-16(12)20-19(23)13(2)29-18-9-7-14(28-5)10-17(18)22(24)25/h6-11,13H,1-5H3,(H,20,23). The number of ether oxygens (including phenoxy) is 2. The molecule has 2 rings (SSSR count). The van der Waals surface area contributed by atoms with Crippen molar-refractivity contribution in [2.24, 2.45) is 0 Å². The molecule has 0 saturated carbocycles. The number of rotatable bonds is 8. The number of methoxy groups -OCH3 is 1. The topological polar surface area (TPSA) is 128 Å². The maximum absolute atomic E-state index is 12.6. The minimum absolute atomic E-state index is 0.0211. The molecule has 162 valence electrons. The summed E-state index contributed by atoms with van der Waals surface area (Å²) in [6, 6.07) is 8.39. The van der Waals surface area contributed by atoms with Crippen molar-refractivity contribution in [2.75, 3.05) is 26.5 Å². The highest BCUT2D eigenvalue weighted by atomic mass is 32.2. The highest BCUT2D eigenvalue weighted by Gasteiger charge is 2.23. The van der Waals surface area contributed by atoms with Gasteiger partial charge in [-0.3, -0.25) is 14.9 Å². The largest absolute Gasteiger partial charge is 0.496 e. The summed E-state index contributed by atoms with van der Waals surface area (Å²) in [5.41, 5.74) is 0.593. The van der Waals surface area contributed by atoms with E-state index in [9.17, 15) is 23.3 Å². The Morgan fingerprint density at radius 2 is 1.87 bits per heavy atom. The molecule has 0 spiro atoms. The third kappa shape index (κ3) is 5.05. The second kappa shape index (κ2) is 9.09. The Morgan fingerprint density at radius 3 is 2.43 bits per heavy atom. The molecular formula is C19H23N3O7S. The molecule has 11 heteroatoms. The van der Waals surface area contributed by atoms with Crippen LogP contribution in [0.3, 0.4) is 0 Å². The lowest BCUT2D eigenvalue weighted by atomic mass is 10.2. The van der Waals surface area contributed by atoms with Crippen molar-refractivity contribution in [3.8, 4) is 11.5 Å². The second-order valence-corrected chi connectivity index (χ2v) is 8.76. The first-order valence-corrected chi connectivity index (χ1v) is 10.2. The monoisotopic (exact) mass is 437 g/mol. The van der Waals surface area contributed by atoms with Gasteiger partial charge in [-0.2, -0.15) is 0 Å². The Labute approximate surface area is 174 Å². The van der Waals surface area contributed by atoms with Gasteiger partial charge in [0.2, 0.25) is 10.0 Å². The van der Waals surface area contributed by atoms with E-state index in [4.69, 9.17) is 9.47 Å². The summed E-state index contributed by atoms with van der Waals surface area (Å²) in [5, 5.41) is 13.9. The van der Waals surface area contributed by atoms with Crippen LogP contribution in [-0.4, -0.2) is 50.9 Å². The van der Waals surface area contributed by atoms with Gasteiger partial charge < -0.3 is 14.8 Å². The van der Waals surface area contributed by atoms with Crippen LogP contribution in [0.25, 0.3) is 0 Å². The molecule has 1 unspecified atom stereocenters. The third-order valence-electron chi connectivity index (χ3n) is 4.28. The summed E-state index contributed by atoms with van der Waals surface area (Å²) in [5.74, 6) is -0.410. The minimum Gasteiger partial charge on any atom is -0.496 e. The Hall–Kier alpha value is -3.18. The lowest BCUT2D eigenvalue weighted by Crippen LogP contribution is -2.30. The van der Waals surface area contributed by atoms with E-state index >= 15 is 0 Å². The molecule has 0 aromatic heterocycles. The van der Waals surface area contributed by atoms with Crippen LogP contribution in [0.2, 0.25) is 0 Å². The summed E-state index contributed by atoms with van der Waals surface area (Å²) in [6.07, 6.45) is -1.09. The van der Waals surface area contributed by atoms with Gasteiger partial charge >= 0.3 is 5.69 Å². The minimum atomic E-state index is -3.68. The number of anilines is 1. The predicted molar refractivity (Wildman–Crippen MR) is 110 cm³/mol. The maximum Gasteiger partial charge on any atom is 0.314 e. The molecule has 2 aromatic rings. The first-order chi connectivity index (χ1) is 14.0. The molecule has 1 atom stereocenters. The summed E-state index contributed by atoms with van der Waals surface area (Å²) < 4.78 is 36.2. The average molecular weight is 437 g/mol. The van der Waals surface area contributed by atoms with Gasteiger partial charge in [-0.15, -0.1) is 0 Å². The fourth-order valence-electron chi connectivity index (χ4n) is 2.45.